The summed E-state index contributed by atoms with van der Waals surface area (Å²) in [6, 6.07) is 2.98. The molecule has 3 aliphatic rings. The van der Waals surface area contributed by atoms with E-state index in [1.807, 2.05) is 0 Å². The fraction of sp³-hybridized carbons (Fsp3) is 0.537. The van der Waals surface area contributed by atoms with Gasteiger partial charge in [0, 0.05) is 34.6 Å². The van der Waals surface area contributed by atoms with E-state index in [0.717, 1.165) is 25.7 Å². The summed E-state index contributed by atoms with van der Waals surface area (Å²) in [6.45, 7) is 14.4. The number of nitrogens with one attached hydrogen (secondary N) is 3. The molecule has 6 atom stereocenters. The highest BCUT2D eigenvalue weighted by Crippen LogP contribution is 2.46. The molecule has 0 bridgehead atoms. The average molecular weight is 884 g/mol. The summed E-state index contributed by atoms with van der Waals surface area (Å²) in [7, 11) is 1.54. The number of anilines is 1. The highest BCUT2D eigenvalue weighted by atomic mass is 79.9. The second-order valence-electron chi connectivity index (χ2n) is 16.7. The van der Waals surface area contributed by atoms with Gasteiger partial charge in [-0.05, 0) is 65.6 Å². The summed E-state index contributed by atoms with van der Waals surface area (Å²) < 4.78 is 18.6. The largest absolute Gasteiger partial charge is 0.495 e. The van der Waals surface area contributed by atoms with Crippen molar-refractivity contribution in [3.63, 3.8) is 0 Å². The summed E-state index contributed by atoms with van der Waals surface area (Å²) in [4.78, 5) is 78.1. The SMILES string of the molecule is C=C[C@@H]1C[C@]1(NC(=O)[C@@H]1[C@H](C)[C@@H](Oc2cc(-c3csc(NC(=O)C(C)C)n3)nc3c(Br)c(OC)ccc23)CN1C(=O)[C@H](NC(=O)OC1CCCC1)C(C)(C)C)C(=O)O. The molecule has 58 heavy (non-hydrogen) atoms. The van der Waals surface area contributed by atoms with Crippen LogP contribution in [0.1, 0.15) is 73.6 Å². The number of hydrogen-bond acceptors (Lipinski definition) is 11. The number of pyridine rings is 1. The number of nitrogens with zero attached hydrogens (tertiary/aromatic N) is 3. The van der Waals surface area contributed by atoms with Crippen LogP contribution in [0, 0.1) is 23.2 Å². The molecule has 2 aromatic heterocycles. The zero-order chi connectivity index (χ0) is 42.3. The third kappa shape index (κ3) is 8.65. The minimum Gasteiger partial charge on any atom is -0.495 e. The number of benzene rings is 1. The van der Waals surface area contributed by atoms with Crippen LogP contribution in [0.15, 0.2) is 40.7 Å². The van der Waals surface area contributed by atoms with E-state index in [-0.39, 0.29) is 30.9 Å². The lowest BCUT2D eigenvalue weighted by Crippen LogP contribution is -2.60. The van der Waals surface area contributed by atoms with Crippen molar-refractivity contribution in [3.8, 4) is 22.9 Å². The number of alkyl carbamates (subject to hydrolysis) is 1. The van der Waals surface area contributed by atoms with Crippen molar-refractivity contribution >= 4 is 73.1 Å². The second kappa shape index (κ2) is 16.8. The van der Waals surface area contributed by atoms with E-state index in [2.05, 4.69) is 43.4 Å². The zero-order valence-corrected chi connectivity index (χ0v) is 36.1. The fourth-order valence-electron chi connectivity index (χ4n) is 7.60. The van der Waals surface area contributed by atoms with Gasteiger partial charge in [0.15, 0.2) is 5.13 Å². The van der Waals surface area contributed by atoms with Crippen LogP contribution >= 0.6 is 27.3 Å². The van der Waals surface area contributed by atoms with Crippen molar-refractivity contribution in [1.82, 2.24) is 25.5 Å². The standard InChI is InChI=1S/C41H51BrN6O9S/c1-9-22-17-41(22,37(52)53)47-35(50)32-21(4)29(18-48(32)36(51)33(40(5,6)7)45-39(54)56-23-12-10-11-13-23)57-28-16-25(26-19-58-38(44-26)46-34(49)20(2)3)43-31-24(28)14-15-27(55-8)30(31)42/h9,14-16,19-23,29,32-33H,1,10-13,17-18H2,2-8H3,(H,45,54)(H,47,50)(H,52,53)(H,44,46,49)/t21-,22-,29+,32+,33+,41-/m1/s1. The Morgan fingerprint density at radius 1 is 1.10 bits per heavy atom. The lowest BCUT2D eigenvalue weighted by molar-refractivity contribution is -0.146. The molecule has 15 nitrogen and oxygen atoms in total. The Hall–Kier alpha value is -4.77. The number of methoxy groups -OCH3 is 1. The number of carboxylic acids is 1. The molecule has 4 N–H and O–H groups in total. The van der Waals surface area contributed by atoms with Crippen LogP contribution in [0.25, 0.3) is 22.3 Å². The number of ether oxygens (including phenoxy) is 3. The molecule has 3 heterocycles. The summed E-state index contributed by atoms with van der Waals surface area (Å²) in [5, 5.41) is 21.3. The predicted molar refractivity (Wildman–Crippen MR) is 222 cm³/mol. The molecule has 2 aliphatic carbocycles. The Bertz CT molecular complexity index is 2110. The van der Waals surface area contributed by atoms with Crippen LogP contribution in [0.2, 0.25) is 0 Å². The van der Waals surface area contributed by atoms with Gasteiger partial charge < -0.3 is 40.2 Å². The Morgan fingerprint density at radius 3 is 2.41 bits per heavy atom. The number of thiazole rings is 1. The van der Waals surface area contributed by atoms with E-state index in [0.29, 0.717) is 43.4 Å². The third-order valence-corrected chi connectivity index (χ3v) is 12.7. The monoisotopic (exact) mass is 882 g/mol. The molecule has 1 aliphatic heterocycles. The van der Waals surface area contributed by atoms with Crippen LogP contribution in [-0.4, -0.2) is 93.2 Å². The van der Waals surface area contributed by atoms with Gasteiger partial charge in [-0.3, -0.25) is 14.4 Å². The topological polar surface area (TPSA) is 198 Å². The molecule has 3 aromatic rings. The molecule has 1 saturated heterocycles. The zero-order valence-electron chi connectivity index (χ0n) is 33.7. The maximum atomic E-state index is 14.8. The van der Waals surface area contributed by atoms with Crippen LogP contribution in [0.4, 0.5) is 9.93 Å². The summed E-state index contributed by atoms with van der Waals surface area (Å²) >= 11 is 4.88. The summed E-state index contributed by atoms with van der Waals surface area (Å²) in [6.07, 6.45) is 3.31. The first-order chi connectivity index (χ1) is 27.4. The highest BCUT2D eigenvalue weighted by Gasteiger charge is 2.62. The van der Waals surface area contributed by atoms with Crippen molar-refractivity contribution in [1.29, 1.82) is 0 Å². The van der Waals surface area contributed by atoms with Crippen molar-refractivity contribution in [2.75, 3.05) is 19.0 Å². The maximum Gasteiger partial charge on any atom is 0.408 e. The van der Waals surface area contributed by atoms with Gasteiger partial charge in [0.1, 0.15) is 47.0 Å². The maximum absolute atomic E-state index is 14.8. The molecule has 3 fully saturated rings. The lowest BCUT2D eigenvalue weighted by Gasteiger charge is -2.36. The smallest absolute Gasteiger partial charge is 0.408 e. The number of aromatic nitrogens is 2. The van der Waals surface area contributed by atoms with E-state index >= 15 is 0 Å². The Morgan fingerprint density at radius 2 is 1.81 bits per heavy atom. The first-order valence-corrected chi connectivity index (χ1v) is 21.1. The molecule has 1 aromatic carbocycles. The van der Waals surface area contributed by atoms with E-state index in [4.69, 9.17) is 19.2 Å². The number of aliphatic carboxylic acids is 1. The number of hydrogen-bond donors (Lipinski definition) is 4. The molecule has 0 spiro atoms. The van der Waals surface area contributed by atoms with Crippen LogP contribution in [0.5, 0.6) is 11.5 Å². The summed E-state index contributed by atoms with van der Waals surface area (Å²) in [5.41, 5.74) is -0.976. The average Bonchev–Trinajstić information content (AvgIpc) is 3.50. The number of carbonyl (C=O) groups excluding carboxylic acids is 4. The molecule has 2 saturated carbocycles. The van der Waals surface area contributed by atoms with Crippen LogP contribution < -0.4 is 25.4 Å². The van der Waals surface area contributed by atoms with Gasteiger partial charge in [-0.25, -0.2) is 19.6 Å². The minimum absolute atomic E-state index is 0.0759. The molecular weight excluding hydrogens is 832 g/mol. The Kier molecular flexibility index (Phi) is 12.4. The number of amides is 4. The Balaban J connectivity index is 1.37. The highest BCUT2D eigenvalue weighted by molar-refractivity contribution is 9.10. The number of likely N-dealkylation sites (tertiary alicyclic amines) is 1. The van der Waals surface area contributed by atoms with Gasteiger partial charge in [0.25, 0.3) is 0 Å². The molecule has 6 rings (SSSR count). The second-order valence-corrected chi connectivity index (χ2v) is 18.3. The van der Waals surface area contributed by atoms with Crippen molar-refractivity contribution in [2.45, 2.75) is 103 Å². The minimum atomic E-state index is -1.55. The Labute approximate surface area is 349 Å². The fourth-order valence-corrected chi connectivity index (χ4v) is 8.91. The van der Waals surface area contributed by atoms with Gasteiger partial charge in [-0.15, -0.1) is 17.9 Å². The van der Waals surface area contributed by atoms with Gasteiger partial charge >= 0.3 is 12.1 Å². The molecule has 17 heteroatoms. The molecule has 0 radical (unpaired) electrons. The third-order valence-electron chi connectivity index (χ3n) is 11.2. The number of halogens is 1. The van der Waals surface area contributed by atoms with Gasteiger partial charge in [0.2, 0.25) is 17.7 Å². The molecular formula is C41H51BrN6O9S. The van der Waals surface area contributed by atoms with Gasteiger partial charge in [-0.1, -0.05) is 47.6 Å². The number of rotatable bonds is 13. The van der Waals surface area contributed by atoms with E-state index < -0.39 is 64.9 Å². The molecule has 312 valence electrons. The van der Waals surface area contributed by atoms with Crippen molar-refractivity contribution in [2.24, 2.45) is 23.2 Å². The van der Waals surface area contributed by atoms with Crippen LogP contribution in [-0.2, 0) is 23.9 Å². The quantitative estimate of drug-likeness (QED) is 0.136. The number of carbonyl (C=O) groups is 5. The summed E-state index contributed by atoms with van der Waals surface area (Å²) in [5.74, 6) is -3.10. The lowest BCUT2D eigenvalue weighted by atomic mass is 9.85. The van der Waals surface area contributed by atoms with E-state index in [1.54, 1.807) is 65.1 Å². The molecule has 4 amide bonds. The van der Waals surface area contributed by atoms with Crippen molar-refractivity contribution in [3.05, 3.63) is 40.7 Å². The number of carboxylic acid groups (broad SMARTS) is 1. The number of fused-ring (bicyclic) bond motifs is 1. The normalized spacial score (nSPS) is 23.6. The van der Waals surface area contributed by atoms with Gasteiger partial charge in [-0.2, -0.15) is 0 Å². The first kappa shape index (κ1) is 42.8. The molecule has 0 unspecified atom stereocenters. The van der Waals surface area contributed by atoms with Crippen LogP contribution in [0.3, 0.4) is 0 Å². The van der Waals surface area contributed by atoms with Crippen molar-refractivity contribution < 1.29 is 43.3 Å². The van der Waals surface area contributed by atoms with E-state index in [1.165, 1.54) is 29.4 Å². The van der Waals surface area contributed by atoms with Gasteiger partial charge in [0.05, 0.1) is 29.3 Å². The first-order valence-electron chi connectivity index (χ1n) is 19.4. The predicted octanol–water partition coefficient (Wildman–Crippen LogP) is 6.55. The van der Waals surface area contributed by atoms with E-state index in [9.17, 15) is 29.1 Å².